The summed E-state index contributed by atoms with van der Waals surface area (Å²) in [6.45, 7) is 4.62. The number of imidazole rings is 2. The zero-order valence-corrected chi connectivity index (χ0v) is 15.3. The van der Waals surface area contributed by atoms with Crippen molar-refractivity contribution in [3.63, 3.8) is 0 Å². The number of anilines is 1. The zero-order valence-electron chi connectivity index (χ0n) is 15.3. The molecule has 27 heavy (non-hydrogen) atoms. The number of benzene rings is 2. The zero-order chi connectivity index (χ0) is 18.8. The number of fused-ring (bicyclic) bond motifs is 1. The van der Waals surface area contributed by atoms with Crippen LogP contribution >= 0.6 is 0 Å². The number of para-hydroxylation sites is 2. The summed E-state index contributed by atoms with van der Waals surface area (Å²) < 4.78 is 3.97. The molecule has 1 amide bonds. The maximum Gasteiger partial charge on any atom is 0.247 e. The highest BCUT2D eigenvalue weighted by Crippen LogP contribution is 2.19. The van der Waals surface area contributed by atoms with Crippen LogP contribution in [0, 0.1) is 6.92 Å². The molecular weight excluding hydrogens is 338 g/mol. The molecule has 0 aliphatic heterocycles. The standard InChI is InChI=1S/C21H21N5O/c1-15(26-14-23-19-5-3-4-6-20(19)26)21(27)24-18-9-7-17(8-10-18)13-25-12-11-22-16(25)2/h3-12,14-15H,13H2,1-2H3,(H,24,27). The summed E-state index contributed by atoms with van der Waals surface area (Å²) in [6.07, 6.45) is 5.47. The van der Waals surface area contributed by atoms with Crippen LogP contribution in [-0.2, 0) is 11.3 Å². The van der Waals surface area contributed by atoms with Crippen LogP contribution in [0.5, 0.6) is 0 Å². The van der Waals surface area contributed by atoms with Gasteiger partial charge in [0, 0.05) is 24.6 Å². The number of nitrogens with one attached hydrogen (secondary N) is 1. The van der Waals surface area contributed by atoms with Gasteiger partial charge in [0.2, 0.25) is 5.91 Å². The Kier molecular flexibility index (Phi) is 4.46. The van der Waals surface area contributed by atoms with Gasteiger partial charge in [-0.3, -0.25) is 4.79 Å². The lowest BCUT2D eigenvalue weighted by atomic mass is 10.2. The van der Waals surface area contributed by atoms with E-state index in [2.05, 4.69) is 19.9 Å². The summed E-state index contributed by atoms with van der Waals surface area (Å²) in [7, 11) is 0. The molecule has 4 rings (SSSR count). The number of nitrogens with zero attached hydrogens (tertiary/aromatic N) is 4. The van der Waals surface area contributed by atoms with Gasteiger partial charge in [0.25, 0.3) is 0 Å². The predicted molar refractivity (Wildman–Crippen MR) is 106 cm³/mol. The minimum Gasteiger partial charge on any atom is -0.331 e. The van der Waals surface area contributed by atoms with Crippen molar-refractivity contribution < 1.29 is 4.79 Å². The van der Waals surface area contributed by atoms with Crippen LogP contribution in [0.15, 0.2) is 67.3 Å². The fourth-order valence-corrected chi connectivity index (χ4v) is 3.12. The monoisotopic (exact) mass is 359 g/mol. The first-order valence-electron chi connectivity index (χ1n) is 8.91. The van der Waals surface area contributed by atoms with Crippen molar-refractivity contribution in [2.24, 2.45) is 0 Å². The molecule has 0 radical (unpaired) electrons. The van der Waals surface area contributed by atoms with E-state index >= 15 is 0 Å². The van der Waals surface area contributed by atoms with E-state index in [1.54, 1.807) is 12.5 Å². The average Bonchev–Trinajstić information content (AvgIpc) is 3.29. The predicted octanol–water partition coefficient (Wildman–Crippen LogP) is 3.79. The van der Waals surface area contributed by atoms with Crippen LogP contribution in [0.3, 0.4) is 0 Å². The third kappa shape index (κ3) is 3.46. The maximum atomic E-state index is 12.7. The van der Waals surface area contributed by atoms with E-state index in [0.29, 0.717) is 0 Å². The number of carbonyl (C=O) groups excluding carboxylic acids is 1. The lowest BCUT2D eigenvalue weighted by Gasteiger charge is -2.15. The molecule has 0 spiro atoms. The highest BCUT2D eigenvalue weighted by molar-refractivity contribution is 5.94. The molecule has 0 saturated heterocycles. The average molecular weight is 359 g/mol. The summed E-state index contributed by atoms with van der Waals surface area (Å²) in [5.74, 6) is 0.908. The number of carbonyl (C=O) groups is 1. The number of hydrogen-bond donors (Lipinski definition) is 1. The minimum atomic E-state index is -0.356. The topological polar surface area (TPSA) is 64.7 Å². The van der Waals surface area contributed by atoms with Crippen LogP contribution < -0.4 is 5.32 Å². The van der Waals surface area contributed by atoms with Crippen molar-refractivity contribution in [1.29, 1.82) is 0 Å². The van der Waals surface area contributed by atoms with E-state index in [0.717, 1.165) is 34.7 Å². The molecule has 1 N–H and O–H groups in total. The molecule has 0 aliphatic rings. The molecule has 2 aromatic carbocycles. The molecule has 2 heterocycles. The number of hydrogen-bond acceptors (Lipinski definition) is 3. The lowest BCUT2D eigenvalue weighted by Crippen LogP contribution is -2.23. The Labute approximate surface area is 157 Å². The molecule has 136 valence electrons. The van der Waals surface area contributed by atoms with Gasteiger partial charge >= 0.3 is 0 Å². The Bertz CT molecular complexity index is 1080. The minimum absolute atomic E-state index is 0.0728. The fourth-order valence-electron chi connectivity index (χ4n) is 3.12. The first kappa shape index (κ1) is 17.0. The van der Waals surface area contributed by atoms with Crippen molar-refractivity contribution in [1.82, 2.24) is 19.1 Å². The molecule has 1 unspecified atom stereocenters. The largest absolute Gasteiger partial charge is 0.331 e. The normalized spacial score (nSPS) is 12.2. The molecule has 0 fully saturated rings. The van der Waals surface area contributed by atoms with Crippen molar-refractivity contribution >= 4 is 22.6 Å². The van der Waals surface area contributed by atoms with Gasteiger partial charge in [0.1, 0.15) is 11.9 Å². The molecule has 4 aromatic rings. The number of aryl methyl sites for hydroxylation is 1. The van der Waals surface area contributed by atoms with Crippen LogP contribution in [0.1, 0.15) is 24.4 Å². The molecule has 2 aromatic heterocycles. The van der Waals surface area contributed by atoms with Gasteiger partial charge in [0.15, 0.2) is 0 Å². The Balaban J connectivity index is 1.45. The number of rotatable bonds is 5. The molecule has 1 atom stereocenters. The van der Waals surface area contributed by atoms with Crippen molar-refractivity contribution in [2.75, 3.05) is 5.32 Å². The Morgan fingerprint density at radius 2 is 1.89 bits per heavy atom. The molecule has 6 nitrogen and oxygen atoms in total. The Morgan fingerprint density at radius 3 is 2.63 bits per heavy atom. The SMILES string of the molecule is Cc1nccn1Cc1ccc(NC(=O)C(C)n2cnc3ccccc32)cc1. The second-order valence-corrected chi connectivity index (χ2v) is 6.61. The van der Waals surface area contributed by atoms with Gasteiger partial charge in [-0.15, -0.1) is 0 Å². The second-order valence-electron chi connectivity index (χ2n) is 6.61. The van der Waals surface area contributed by atoms with Crippen LogP contribution in [-0.4, -0.2) is 25.0 Å². The quantitative estimate of drug-likeness (QED) is 0.590. The highest BCUT2D eigenvalue weighted by Gasteiger charge is 2.17. The van der Waals surface area contributed by atoms with Crippen LogP contribution in [0.2, 0.25) is 0 Å². The Hall–Kier alpha value is -3.41. The van der Waals surface area contributed by atoms with Crippen LogP contribution in [0.25, 0.3) is 11.0 Å². The summed E-state index contributed by atoms with van der Waals surface area (Å²) >= 11 is 0. The summed E-state index contributed by atoms with van der Waals surface area (Å²) in [6, 6.07) is 15.3. The number of aromatic nitrogens is 4. The van der Waals surface area contributed by atoms with Crippen molar-refractivity contribution in [3.8, 4) is 0 Å². The smallest absolute Gasteiger partial charge is 0.247 e. The molecule has 0 bridgehead atoms. The van der Waals surface area contributed by atoms with E-state index in [-0.39, 0.29) is 11.9 Å². The molecule has 0 saturated carbocycles. The third-order valence-electron chi connectivity index (χ3n) is 4.78. The van der Waals surface area contributed by atoms with E-state index in [1.165, 1.54) is 0 Å². The summed E-state index contributed by atoms with van der Waals surface area (Å²) in [5.41, 5.74) is 3.77. The maximum absolute atomic E-state index is 12.7. The summed E-state index contributed by atoms with van der Waals surface area (Å²) in [5, 5.41) is 2.99. The van der Waals surface area contributed by atoms with Crippen molar-refractivity contribution in [3.05, 3.63) is 78.6 Å². The lowest BCUT2D eigenvalue weighted by molar-refractivity contribution is -0.118. The fraction of sp³-hybridized carbons (Fsp3) is 0.190. The number of amides is 1. The van der Waals surface area contributed by atoms with Gasteiger partial charge in [-0.2, -0.15) is 0 Å². The third-order valence-corrected chi connectivity index (χ3v) is 4.78. The Morgan fingerprint density at radius 1 is 1.11 bits per heavy atom. The molecular formula is C21H21N5O. The molecule has 6 heteroatoms. The van der Waals surface area contributed by atoms with Gasteiger partial charge in [-0.25, -0.2) is 9.97 Å². The molecule has 0 aliphatic carbocycles. The van der Waals surface area contributed by atoms with Crippen LogP contribution in [0.4, 0.5) is 5.69 Å². The first-order chi connectivity index (χ1) is 13.1. The van der Waals surface area contributed by atoms with E-state index in [9.17, 15) is 4.79 Å². The van der Waals surface area contributed by atoms with E-state index in [4.69, 9.17) is 0 Å². The van der Waals surface area contributed by atoms with E-state index < -0.39 is 0 Å². The van der Waals surface area contributed by atoms with Crippen molar-refractivity contribution in [2.45, 2.75) is 26.4 Å². The first-order valence-corrected chi connectivity index (χ1v) is 8.91. The van der Waals surface area contributed by atoms with Gasteiger partial charge in [-0.1, -0.05) is 24.3 Å². The summed E-state index contributed by atoms with van der Waals surface area (Å²) in [4.78, 5) is 21.3. The second kappa shape index (κ2) is 7.07. The van der Waals surface area contributed by atoms with Gasteiger partial charge < -0.3 is 14.5 Å². The highest BCUT2D eigenvalue weighted by atomic mass is 16.2. The van der Waals surface area contributed by atoms with Gasteiger partial charge in [-0.05, 0) is 43.7 Å². The van der Waals surface area contributed by atoms with Gasteiger partial charge in [0.05, 0.1) is 17.4 Å². The van der Waals surface area contributed by atoms with E-state index in [1.807, 2.05) is 73.1 Å².